The van der Waals surface area contributed by atoms with Gasteiger partial charge in [0.05, 0.1) is 10.6 Å². The van der Waals surface area contributed by atoms with E-state index >= 15 is 0 Å². The first-order valence-electron chi connectivity index (χ1n) is 6.08. The van der Waals surface area contributed by atoms with Crippen molar-refractivity contribution in [3.63, 3.8) is 0 Å². The third kappa shape index (κ3) is 2.33. The number of Topliss-reactive ketones (excluding diaryl/α,β-unsaturated/α-hetero) is 1. The number of rotatable bonds is 4. The Hall–Kier alpha value is -2.47. The molecule has 0 atom stereocenters. The van der Waals surface area contributed by atoms with Crippen LogP contribution in [0.1, 0.15) is 17.5 Å². The van der Waals surface area contributed by atoms with Crippen molar-refractivity contribution in [3.8, 4) is 10.7 Å². The second kappa shape index (κ2) is 5.26. The van der Waals surface area contributed by atoms with Crippen molar-refractivity contribution in [2.75, 3.05) is 5.43 Å². The molecule has 0 saturated carbocycles. The molecule has 20 heavy (non-hydrogen) atoms. The van der Waals surface area contributed by atoms with E-state index < -0.39 is 0 Å². The molecule has 0 unspecified atom stereocenters. The summed E-state index contributed by atoms with van der Waals surface area (Å²) in [6, 6.07) is 13.5. The van der Waals surface area contributed by atoms with Gasteiger partial charge in [0.15, 0.2) is 11.6 Å². The number of hydrogen-bond acceptors (Lipinski definition) is 5. The van der Waals surface area contributed by atoms with Crippen molar-refractivity contribution in [3.05, 3.63) is 53.7 Å². The van der Waals surface area contributed by atoms with Crippen LogP contribution in [0.4, 0.5) is 5.69 Å². The zero-order valence-electron chi connectivity index (χ0n) is 10.8. The quantitative estimate of drug-likeness (QED) is 0.748. The summed E-state index contributed by atoms with van der Waals surface area (Å²) in [4.78, 5) is 12.6. The standard InChI is InChI=1S/C14H12N4OS/c1-10(19)13-15-16-14(12-8-5-9-20-12)18(13)17-11-6-3-2-4-7-11/h2-9,17H,1H3. The van der Waals surface area contributed by atoms with Gasteiger partial charge in [-0.15, -0.1) is 21.5 Å². The number of carbonyl (C=O) groups is 1. The number of carbonyl (C=O) groups excluding carboxylic acids is 1. The fourth-order valence-electron chi connectivity index (χ4n) is 1.83. The Morgan fingerprint density at radius 1 is 1.15 bits per heavy atom. The number of para-hydroxylation sites is 1. The lowest BCUT2D eigenvalue weighted by molar-refractivity contribution is 0.100. The molecule has 0 amide bonds. The Morgan fingerprint density at radius 3 is 2.60 bits per heavy atom. The van der Waals surface area contributed by atoms with Crippen LogP contribution in [0.5, 0.6) is 0 Å². The Balaban J connectivity index is 2.07. The van der Waals surface area contributed by atoms with Crippen molar-refractivity contribution in [2.24, 2.45) is 0 Å². The van der Waals surface area contributed by atoms with Gasteiger partial charge in [0.25, 0.3) is 0 Å². The second-order valence-corrected chi connectivity index (χ2v) is 5.14. The van der Waals surface area contributed by atoms with Gasteiger partial charge in [-0.3, -0.25) is 10.2 Å². The maximum absolute atomic E-state index is 11.7. The Bertz CT molecular complexity index is 719. The summed E-state index contributed by atoms with van der Waals surface area (Å²) in [5.41, 5.74) is 4.04. The lowest BCUT2D eigenvalue weighted by Crippen LogP contribution is -2.16. The molecule has 0 radical (unpaired) electrons. The maximum Gasteiger partial charge on any atom is 0.219 e. The number of ketones is 1. The Morgan fingerprint density at radius 2 is 1.95 bits per heavy atom. The fourth-order valence-corrected chi connectivity index (χ4v) is 2.52. The zero-order chi connectivity index (χ0) is 13.9. The highest BCUT2D eigenvalue weighted by Gasteiger charge is 2.17. The predicted octanol–water partition coefficient (Wildman–Crippen LogP) is 3.08. The average molecular weight is 284 g/mol. The van der Waals surface area contributed by atoms with Gasteiger partial charge >= 0.3 is 0 Å². The minimum Gasteiger partial charge on any atom is -0.291 e. The minimum absolute atomic E-state index is 0.135. The molecule has 0 bridgehead atoms. The van der Waals surface area contributed by atoms with Crippen molar-refractivity contribution in [1.29, 1.82) is 0 Å². The molecule has 100 valence electrons. The van der Waals surface area contributed by atoms with E-state index in [2.05, 4.69) is 15.6 Å². The summed E-state index contributed by atoms with van der Waals surface area (Å²) >= 11 is 1.55. The van der Waals surface area contributed by atoms with E-state index in [9.17, 15) is 4.79 Å². The monoisotopic (exact) mass is 284 g/mol. The van der Waals surface area contributed by atoms with E-state index in [0.717, 1.165) is 10.6 Å². The summed E-state index contributed by atoms with van der Waals surface area (Å²) in [5, 5.41) is 10.1. The molecular weight excluding hydrogens is 272 g/mol. The topological polar surface area (TPSA) is 59.8 Å². The van der Waals surface area contributed by atoms with E-state index in [0.29, 0.717) is 5.82 Å². The van der Waals surface area contributed by atoms with Crippen LogP contribution >= 0.6 is 11.3 Å². The maximum atomic E-state index is 11.7. The van der Waals surface area contributed by atoms with Crippen LogP contribution in [-0.4, -0.2) is 20.7 Å². The highest BCUT2D eigenvalue weighted by atomic mass is 32.1. The second-order valence-electron chi connectivity index (χ2n) is 4.19. The Kier molecular flexibility index (Phi) is 3.30. The van der Waals surface area contributed by atoms with Gasteiger partial charge in [0, 0.05) is 6.92 Å². The fraction of sp³-hybridized carbons (Fsp3) is 0.0714. The smallest absolute Gasteiger partial charge is 0.219 e. The molecule has 3 aromatic rings. The molecule has 1 aromatic carbocycles. The summed E-state index contributed by atoms with van der Waals surface area (Å²) < 4.78 is 1.63. The number of anilines is 1. The van der Waals surface area contributed by atoms with E-state index in [1.165, 1.54) is 6.92 Å². The molecule has 0 fully saturated rings. The number of benzene rings is 1. The van der Waals surface area contributed by atoms with Crippen LogP contribution < -0.4 is 5.43 Å². The highest BCUT2D eigenvalue weighted by molar-refractivity contribution is 7.13. The van der Waals surface area contributed by atoms with Gasteiger partial charge in [-0.25, -0.2) is 4.68 Å². The normalized spacial score (nSPS) is 10.4. The molecule has 3 rings (SSSR count). The van der Waals surface area contributed by atoms with Gasteiger partial charge in [0.1, 0.15) is 0 Å². The van der Waals surface area contributed by atoms with Crippen molar-refractivity contribution >= 4 is 22.8 Å². The molecule has 2 aromatic heterocycles. The summed E-state index contributed by atoms with van der Waals surface area (Å²) in [6.45, 7) is 1.48. The molecule has 0 spiro atoms. The van der Waals surface area contributed by atoms with Crippen molar-refractivity contribution in [1.82, 2.24) is 14.9 Å². The molecular formula is C14H12N4OS. The molecule has 1 N–H and O–H groups in total. The van der Waals surface area contributed by atoms with Gasteiger partial charge in [0.2, 0.25) is 5.82 Å². The van der Waals surface area contributed by atoms with E-state index in [-0.39, 0.29) is 11.6 Å². The van der Waals surface area contributed by atoms with E-state index in [1.807, 2.05) is 47.8 Å². The number of nitrogens with zero attached hydrogens (tertiary/aromatic N) is 3. The number of nitrogens with one attached hydrogen (secondary N) is 1. The molecule has 6 heteroatoms. The molecule has 0 aliphatic rings. The van der Waals surface area contributed by atoms with Crippen LogP contribution in [-0.2, 0) is 0 Å². The van der Waals surface area contributed by atoms with Crippen LogP contribution in [0.25, 0.3) is 10.7 Å². The lowest BCUT2D eigenvalue weighted by Gasteiger charge is -2.11. The minimum atomic E-state index is -0.135. The van der Waals surface area contributed by atoms with Gasteiger partial charge in [-0.05, 0) is 23.6 Å². The summed E-state index contributed by atoms with van der Waals surface area (Å²) in [6.07, 6.45) is 0. The largest absolute Gasteiger partial charge is 0.291 e. The lowest BCUT2D eigenvalue weighted by atomic mass is 10.3. The Labute approximate surface area is 119 Å². The molecule has 5 nitrogen and oxygen atoms in total. The van der Waals surface area contributed by atoms with Crippen LogP contribution in [0.15, 0.2) is 47.8 Å². The van der Waals surface area contributed by atoms with E-state index in [1.54, 1.807) is 16.0 Å². The van der Waals surface area contributed by atoms with Crippen LogP contribution in [0.3, 0.4) is 0 Å². The molecule has 0 saturated heterocycles. The SMILES string of the molecule is CC(=O)c1nnc(-c2cccs2)n1Nc1ccccc1. The van der Waals surface area contributed by atoms with E-state index in [4.69, 9.17) is 0 Å². The van der Waals surface area contributed by atoms with Crippen LogP contribution in [0, 0.1) is 0 Å². The highest BCUT2D eigenvalue weighted by Crippen LogP contribution is 2.24. The molecule has 0 aliphatic heterocycles. The van der Waals surface area contributed by atoms with Gasteiger partial charge in [-0.1, -0.05) is 24.3 Å². The van der Waals surface area contributed by atoms with Gasteiger partial charge in [-0.2, -0.15) is 0 Å². The molecule has 0 aliphatic carbocycles. The van der Waals surface area contributed by atoms with Crippen LogP contribution in [0.2, 0.25) is 0 Å². The first kappa shape index (κ1) is 12.6. The van der Waals surface area contributed by atoms with Gasteiger partial charge < -0.3 is 0 Å². The third-order valence-electron chi connectivity index (χ3n) is 2.73. The zero-order valence-corrected chi connectivity index (χ0v) is 11.6. The third-order valence-corrected chi connectivity index (χ3v) is 3.60. The van der Waals surface area contributed by atoms with Crippen molar-refractivity contribution < 1.29 is 4.79 Å². The number of aromatic nitrogens is 3. The first-order chi connectivity index (χ1) is 9.75. The molecule has 2 heterocycles. The summed E-state index contributed by atoms with van der Waals surface area (Å²) in [7, 11) is 0. The summed E-state index contributed by atoms with van der Waals surface area (Å²) in [5.74, 6) is 0.787. The average Bonchev–Trinajstić information content (AvgIpc) is 3.08. The predicted molar refractivity (Wildman–Crippen MR) is 78.8 cm³/mol. The number of hydrogen-bond donors (Lipinski definition) is 1. The number of thiophene rings is 1. The van der Waals surface area contributed by atoms with Crippen molar-refractivity contribution in [2.45, 2.75) is 6.92 Å². The first-order valence-corrected chi connectivity index (χ1v) is 6.96.